The molecular weight excluding hydrogens is 250 g/mol. The number of likely N-dealkylation sites (tertiary alicyclic amines) is 2. The fourth-order valence-corrected chi connectivity index (χ4v) is 3.87. The van der Waals surface area contributed by atoms with Crippen LogP contribution in [0.2, 0.25) is 0 Å². The predicted molar refractivity (Wildman–Crippen MR) is 82.1 cm³/mol. The van der Waals surface area contributed by atoms with Crippen LogP contribution in [-0.2, 0) is 4.74 Å². The lowest BCUT2D eigenvalue weighted by molar-refractivity contribution is 0.0669. The van der Waals surface area contributed by atoms with E-state index in [4.69, 9.17) is 4.74 Å². The average Bonchev–Trinajstić information content (AvgIpc) is 3.01. The van der Waals surface area contributed by atoms with E-state index >= 15 is 0 Å². The molecule has 0 spiro atoms. The van der Waals surface area contributed by atoms with E-state index in [1.807, 2.05) is 0 Å². The third kappa shape index (κ3) is 4.42. The minimum Gasteiger partial charge on any atom is -0.379 e. The van der Waals surface area contributed by atoms with Crippen LogP contribution in [0.25, 0.3) is 0 Å². The molecule has 4 heteroatoms. The summed E-state index contributed by atoms with van der Waals surface area (Å²) in [5.74, 6) is 0.959. The minimum atomic E-state index is 0.589. The number of rotatable bonds is 5. The fourth-order valence-electron chi connectivity index (χ4n) is 3.87. The Balaban J connectivity index is 1.29. The van der Waals surface area contributed by atoms with Crippen LogP contribution in [0.1, 0.15) is 32.1 Å². The largest absolute Gasteiger partial charge is 0.379 e. The molecule has 0 aromatic heterocycles. The summed E-state index contributed by atoms with van der Waals surface area (Å²) in [6.45, 7) is 10.8. The summed E-state index contributed by atoms with van der Waals surface area (Å²) in [4.78, 5) is 5.35. The van der Waals surface area contributed by atoms with E-state index in [0.717, 1.165) is 25.7 Å². The SMILES string of the molecule is C1CCN(CC2CCN(CCC3COCCN3)CC2)C1. The molecule has 1 unspecified atom stereocenters. The number of nitrogens with one attached hydrogen (secondary N) is 1. The molecule has 0 bridgehead atoms. The van der Waals surface area contributed by atoms with E-state index in [2.05, 4.69) is 15.1 Å². The van der Waals surface area contributed by atoms with Crippen LogP contribution >= 0.6 is 0 Å². The second kappa shape index (κ2) is 7.74. The zero-order chi connectivity index (χ0) is 13.6. The van der Waals surface area contributed by atoms with Crippen molar-refractivity contribution < 1.29 is 4.74 Å². The Morgan fingerprint density at radius 3 is 2.50 bits per heavy atom. The van der Waals surface area contributed by atoms with Crippen molar-refractivity contribution in [3.63, 3.8) is 0 Å². The van der Waals surface area contributed by atoms with Crippen LogP contribution in [-0.4, -0.2) is 74.9 Å². The first-order valence-corrected chi connectivity index (χ1v) is 8.66. The zero-order valence-electron chi connectivity index (χ0n) is 12.9. The molecule has 3 aliphatic rings. The van der Waals surface area contributed by atoms with Crippen molar-refractivity contribution in [3.05, 3.63) is 0 Å². The van der Waals surface area contributed by atoms with Crippen molar-refractivity contribution in [2.75, 3.05) is 59.0 Å². The molecule has 0 saturated carbocycles. The average molecular weight is 281 g/mol. The molecule has 3 heterocycles. The third-order valence-electron chi connectivity index (χ3n) is 5.21. The third-order valence-corrected chi connectivity index (χ3v) is 5.21. The van der Waals surface area contributed by atoms with E-state index in [1.165, 1.54) is 71.4 Å². The molecule has 4 nitrogen and oxygen atoms in total. The summed E-state index contributed by atoms with van der Waals surface area (Å²) in [6, 6.07) is 0.589. The van der Waals surface area contributed by atoms with Gasteiger partial charge in [0.05, 0.1) is 13.2 Å². The standard InChI is InChI=1S/C16H31N3O/c1-2-8-19(7-1)13-15-3-9-18(10-4-15)11-5-16-14-20-12-6-17-16/h15-17H,1-14H2. The first-order valence-electron chi connectivity index (χ1n) is 8.66. The molecule has 116 valence electrons. The van der Waals surface area contributed by atoms with E-state index < -0.39 is 0 Å². The van der Waals surface area contributed by atoms with Crippen molar-refractivity contribution >= 4 is 0 Å². The molecule has 0 radical (unpaired) electrons. The summed E-state index contributed by atoms with van der Waals surface area (Å²) in [5, 5.41) is 3.56. The Kier molecular flexibility index (Phi) is 5.71. The van der Waals surface area contributed by atoms with Crippen molar-refractivity contribution in [2.45, 2.75) is 38.1 Å². The Morgan fingerprint density at radius 2 is 1.80 bits per heavy atom. The van der Waals surface area contributed by atoms with Crippen LogP contribution in [0.4, 0.5) is 0 Å². The van der Waals surface area contributed by atoms with Gasteiger partial charge in [-0.05, 0) is 70.7 Å². The normalized spacial score (nSPS) is 30.9. The second-order valence-electron chi connectivity index (χ2n) is 6.81. The monoisotopic (exact) mass is 281 g/mol. The molecule has 3 rings (SSSR count). The molecule has 3 aliphatic heterocycles. The van der Waals surface area contributed by atoms with Gasteiger partial charge in [-0.2, -0.15) is 0 Å². The summed E-state index contributed by atoms with van der Waals surface area (Å²) < 4.78 is 5.53. The highest BCUT2D eigenvalue weighted by Crippen LogP contribution is 2.20. The molecule has 0 aromatic rings. The molecular formula is C16H31N3O. The van der Waals surface area contributed by atoms with Crippen LogP contribution in [0.5, 0.6) is 0 Å². The van der Waals surface area contributed by atoms with Gasteiger partial charge >= 0.3 is 0 Å². The van der Waals surface area contributed by atoms with Gasteiger partial charge in [-0.1, -0.05) is 0 Å². The van der Waals surface area contributed by atoms with E-state index in [0.29, 0.717) is 6.04 Å². The Morgan fingerprint density at radius 1 is 1.00 bits per heavy atom. The molecule has 0 aromatic carbocycles. The topological polar surface area (TPSA) is 27.7 Å². The molecule has 1 atom stereocenters. The van der Waals surface area contributed by atoms with Gasteiger partial charge in [0.15, 0.2) is 0 Å². The van der Waals surface area contributed by atoms with Crippen LogP contribution in [0, 0.1) is 5.92 Å². The molecule has 0 aliphatic carbocycles. The maximum absolute atomic E-state index is 5.53. The minimum absolute atomic E-state index is 0.589. The fraction of sp³-hybridized carbons (Fsp3) is 1.00. The number of hydrogen-bond donors (Lipinski definition) is 1. The van der Waals surface area contributed by atoms with Gasteiger partial charge in [-0.3, -0.25) is 0 Å². The van der Waals surface area contributed by atoms with Gasteiger partial charge < -0.3 is 19.9 Å². The van der Waals surface area contributed by atoms with E-state index in [1.54, 1.807) is 0 Å². The Bertz CT molecular complexity index is 267. The van der Waals surface area contributed by atoms with E-state index in [-0.39, 0.29) is 0 Å². The smallest absolute Gasteiger partial charge is 0.0620 e. The highest BCUT2D eigenvalue weighted by molar-refractivity contribution is 4.79. The lowest BCUT2D eigenvalue weighted by Crippen LogP contribution is -2.44. The maximum atomic E-state index is 5.53. The second-order valence-corrected chi connectivity index (χ2v) is 6.81. The van der Waals surface area contributed by atoms with Crippen molar-refractivity contribution in [3.8, 4) is 0 Å². The van der Waals surface area contributed by atoms with Crippen LogP contribution in [0.3, 0.4) is 0 Å². The number of piperidine rings is 1. The van der Waals surface area contributed by atoms with Gasteiger partial charge in [0.1, 0.15) is 0 Å². The van der Waals surface area contributed by atoms with Gasteiger partial charge in [0.2, 0.25) is 0 Å². The molecule has 3 fully saturated rings. The summed E-state index contributed by atoms with van der Waals surface area (Å²) in [5.41, 5.74) is 0. The lowest BCUT2D eigenvalue weighted by Gasteiger charge is -2.35. The van der Waals surface area contributed by atoms with Crippen molar-refractivity contribution in [1.29, 1.82) is 0 Å². The van der Waals surface area contributed by atoms with E-state index in [9.17, 15) is 0 Å². The first-order chi connectivity index (χ1) is 9.90. The number of morpholine rings is 1. The maximum Gasteiger partial charge on any atom is 0.0620 e. The van der Waals surface area contributed by atoms with Gasteiger partial charge in [0.25, 0.3) is 0 Å². The van der Waals surface area contributed by atoms with Gasteiger partial charge in [-0.25, -0.2) is 0 Å². The first kappa shape index (κ1) is 14.8. The number of nitrogens with zero attached hydrogens (tertiary/aromatic N) is 2. The summed E-state index contributed by atoms with van der Waals surface area (Å²) in [7, 11) is 0. The Hall–Kier alpha value is -0.160. The summed E-state index contributed by atoms with van der Waals surface area (Å²) in [6.07, 6.45) is 6.91. The molecule has 0 amide bonds. The van der Waals surface area contributed by atoms with Gasteiger partial charge in [0, 0.05) is 19.1 Å². The predicted octanol–water partition coefficient (Wildman–Crippen LogP) is 1.17. The number of hydrogen-bond acceptors (Lipinski definition) is 4. The highest BCUT2D eigenvalue weighted by atomic mass is 16.5. The van der Waals surface area contributed by atoms with Crippen LogP contribution < -0.4 is 5.32 Å². The van der Waals surface area contributed by atoms with Crippen molar-refractivity contribution in [2.24, 2.45) is 5.92 Å². The van der Waals surface area contributed by atoms with Crippen molar-refractivity contribution in [1.82, 2.24) is 15.1 Å². The van der Waals surface area contributed by atoms with Crippen LogP contribution in [0.15, 0.2) is 0 Å². The quantitative estimate of drug-likeness (QED) is 0.819. The number of ether oxygens (including phenoxy) is 1. The highest BCUT2D eigenvalue weighted by Gasteiger charge is 2.23. The lowest BCUT2D eigenvalue weighted by atomic mass is 9.96. The zero-order valence-corrected chi connectivity index (χ0v) is 12.9. The molecule has 20 heavy (non-hydrogen) atoms. The van der Waals surface area contributed by atoms with Gasteiger partial charge in [-0.15, -0.1) is 0 Å². The molecule has 3 saturated heterocycles. The molecule has 1 N–H and O–H groups in total. The summed E-state index contributed by atoms with van der Waals surface area (Å²) >= 11 is 0. The Labute approximate surface area is 123 Å².